The Hall–Kier alpha value is 0.0300. The van der Waals surface area contributed by atoms with E-state index in [-0.39, 0.29) is 5.84 Å². The summed E-state index contributed by atoms with van der Waals surface area (Å²) in [4.78, 5) is 0. The molecule has 3 nitrogen and oxygen atoms in total. The number of rotatable bonds is 3. The molecule has 0 rings (SSSR count). The van der Waals surface area contributed by atoms with Crippen molar-refractivity contribution in [3.05, 3.63) is 0 Å². The van der Waals surface area contributed by atoms with E-state index < -0.39 is 26.7 Å². The van der Waals surface area contributed by atoms with Crippen molar-refractivity contribution in [1.82, 2.24) is 0 Å². The van der Waals surface area contributed by atoms with Crippen LogP contribution in [0, 0.1) is 5.41 Å². The largest absolute Gasteiger partial charge is 0.385 e. The van der Waals surface area contributed by atoms with Crippen molar-refractivity contribution in [2.24, 2.45) is 5.73 Å². The predicted octanol–water partition coefficient (Wildman–Crippen LogP) is 1.04. The van der Waals surface area contributed by atoms with Crippen molar-refractivity contribution < 1.29 is 3.07 Å². The molecule has 0 unspecified atom stereocenters. The molecule has 0 heterocycles. The standard InChI is InChI=1S/C5H11IN2O/c1-5(2,4(7)8)9-6-3/h3H2,1-2H3,(H3,7,8). The smallest absolute Gasteiger partial charge is 0.131 e. The fraction of sp³-hybridized carbons (Fsp3) is 0.600. The van der Waals surface area contributed by atoms with Crippen LogP contribution in [0.1, 0.15) is 13.8 Å². The summed E-state index contributed by atoms with van der Waals surface area (Å²) in [6, 6.07) is 0. The maximum Gasteiger partial charge on any atom is 0.131 e. The van der Waals surface area contributed by atoms with Crippen molar-refractivity contribution in [3.63, 3.8) is 0 Å². The molecule has 4 heteroatoms. The fourth-order valence-electron chi connectivity index (χ4n) is 0.178. The first kappa shape index (κ1) is 9.03. The highest BCUT2D eigenvalue weighted by atomic mass is 127. The third kappa shape index (κ3) is 2.90. The van der Waals surface area contributed by atoms with Gasteiger partial charge in [0.05, 0.1) is 0 Å². The molecule has 0 radical (unpaired) electrons. The van der Waals surface area contributed by atoms with Crippen LogP contribution < -0.4 is 5.73 Å². The Morgan fingerprint density at radius 3 is 2.33 bits per heavy atom. The van der Waals surface area contributed by atoms with Gasteiger partial charge in [-0.3, -0.25) is 5.41 Å². The van der Waals surface area contributed by atoms with E-state index in [4.69, 9.17) is 14.2 Å². The summed E-state index contributed by atoms with van der Waals surface area (Å²) in [6.07, 6.45) is 0. The third-order valence-electron chi connectivity index (χ3n) is 0.896. The average Bonchev–Trinajstić information content (AvgIpc) is 1.65. The quantitative estimate of drug-likeness (QED) is 0.441. The van der Waals surface area contributed by atoms with E-state index in [1.54, 1.807) is 13.8 Å². The number of nitrogens with two attached hydrogens (primary N) is 1. The zero-order chi connectivity index (χ0) is 7.49. The molecule has 0 atom stereocenters. The monoisotopic (exact) mass is 242 g/mol. The van der Waals surface area contributed by atoms with E-state index in [2.05, 4.69) is 4.51 Å². The number of nitrogens with one attached hydrogen (secondary N) is 1. The highest BCUT2D eigenvalue weighted by Crippen LogP contribution is 2.14. The minimum absolute atomic E-state index is 0.0610. The minimum atomic E-state index is -0.602. The highest BCUT2D eigenvalue weighted by molar-refractivity contribution is 14.2. The Morgan fingerprint density at radius 1 is 1.78 bits per heavy atom. The van der Waals surface area contributed by atoms with E-state index in [1.807, 2.05) is 0 Å². The van der Waals surface area contributed by atoms with Crippen molar-refractivity contribution in [1.29, 1.82) is 5.41 Å². The maximum atomic E-state index is 7.04. The van der Waals surface area contributed by atoms with Gasteiger partial charge in [0.15, 0.2) is 0 Å². The highest BCUT2D eigenvalue weighted by Gasteiger charge is 2.20. The lowest BCUT2D eigenvalue weighted by atomic mass is 10.1. The molecular weight excluding hydrogens is 231 g/mol. The van der Waals surface area contributed by atoms with Gasteiger partial charge in [-0.05, 0) is 18.4 Å². The molecule has 0 aliphatic heterocycles. The zero-order valence-electron chi connectivity index (χ0n) is 5.57. The maximum absolute atomic E-state index is 7.04. The Balaban J connectivity index is 4.00. The molecule has 54 valence electrons. The second-order valence-electron chi connectivity index (χ2n) is 2.11. The molecule has 0 spiro atoms. The second-order valence-corrected chi connectivity index (χ2v) is 3.17. The lowest BCUT2D eigenvalue weighted by molar-refractivity contribution is 0.259. The van der Waals surface area contributed by atoms with Gasteiger partial charge in [-0.15, -0.1) is 0 Å². The molecule has 0 fully saturated rings. The lowest BCUT2D eigenvalue weighted by Gasteiger charge is -2.19. The van der Waals surface area contributed by atoms with Crippen LogP contribution in [0.3, 0.4) is 0 Å². The number of amidine groups is 1. The molecule has 0 aromatic rings. The average molecular weight is 242 g/mol. The van der Waals surface area contributed by atoms with Crippen LogP contribution in [0.25, 0.3) is 0 Å². The van der Waals surface area contributed by atoms with Crippen LogP contribution in [0.4, 0.5) is 0 Å². The van der Waals surface area contributed by atoms with Crippen LogP contribution in [-0.2, 0) is 3.07 Å². The van der Waals surface area contributed by atoms with E-state index in [0.717, 1.165) is 0 Å². The van der Waals surface area contributed by atoms with E-state index in [1.165, 1.54) is 0 Å². The third-order valence-corrected chi connectivity index (χ3v) is 2.31. The summed E-state index contributed by atoms with van der Waals surface area (Å²) >= 11 is -0.487. The van der Waals surface area contributed by atoms with Gasteiger partial charge >= 0.3 is 0 Å². The predicted molar refractivity (Wildman–Crippen MR) is 48.2 cm³/mol. The molecule has 0 aliphatic carbocycles. The van der Waals surface area contributed by atoms with Gasteiger partial charge in [0, 0.05) is 21.1 Å². The minimum Gasteiger partial charge on any atom is -0.385 e. The summed E-state index contributed by atoms with van der Waals surface area (Å²) in [6.45, 7) is 3.53. The van der Waals surface area contributed by atoms with E-state index in [0.29, 0.717) is 0 Å². The number of hydrogen-bond acceptors (Lipinski definition) is 2. The SMILES string of the molecule is C=IOC(C)(C)C(=N)N. The lowest BCUT2D eigenvalue weighted by Crippen LogP contribution is -2.37. The van der Waals surface area contributed by atoms with Crippen LogP contribution >= 0.6 is 21.1 Å². The van der Waals surface area contributed by atoms with Gasteiger partial charge in [0.25, 0.3) is 0 Å². The molecule has 0 saturated heterocycles. The molecule has 0 saturated carbocycles. The van der Waals surface area contributed by atoms with Crippen molar-refractivity contribution >= 4 is 31.5 Å². The first-order valence-corrected chi connectivity index (χ1v) is 4.82. The van der Waals surface area contributed by atoms with Gasteiger partial charge in [-0.25, -0.2) is 0 Å². The Kier molecular flexibility index (Phi) is 3.27. The molecular formula is C5H11IN2O. The number of halogens is 1. The normalized spacial score (nSPS) is 11.3. The van der Waals surface area contributed by atoms with Crippen LogP contribution in [0.2, 0.25) is 0 Å². The van der Waals surface area contributed by atoms with Crippen molar-refractivity contribution in [2.45, 2.75) is 19.4 Å². The molecule has 0 aliphatic rings. The zero-order valence-corrected chi connectivity index (χ0v) is 7.73. The summed E-state index contributed by atoms with van der Waals surface area (Å²) in [5.41, 5.74) is 4.60. The summed E-state index contributed by atoms with van der Waals surface area (Å²) in [5.74, 6) is 0.0610. The van der Waals surface area contributed by atoms with Crippen LogP contribution in [-0.4, -0.2) is 16.0 Å². The summed E-state index contributed by atoms with van der Waals surface area (Å²) in [7, 11) is 0. The number of hydrogen-bond donors (Lipinski definition) is 2. The fourth-order valence-corrected chi connectivity index (χ4v) is 1.19. The first-order chi connectivity index (χ1) is 4.00. The second kappa shape index (κ2) is 3.26. The topological polar surface area (TPSA) is 59.1 Å². The van der Waals surface area contributed by atoms with E-state index in [9.17, 15) is 0 Å². The van der Waals surface area contributed by atoms with Gasteiger partial charge in [0.1, 0.15) is 11.4 Å². The molecule has 3 N–H and O–H groups in total. The van der Waals surface area contributed by atoms with Gasteiger partial charge in [-0.1, -0.05) is 0 Å². The molecule has 0 bridgehead atoms. The summed E-state index contributed by atoms with van der Waals surface area (Å²) in [5, 5.41) is 7.04. The van der Waals surface area contributed by atoms with Crippen LogP contribution in [0.15, 0.2) is 0 Å². The molecule has 0 amide bonds. The van der Waals surface area contributed by atoms with Gasteiger partial charge < -0.3 is 8.80 Å². The Bertz CT molecular complexity index is 133. The molecule has 0 aromatic carbocycles. The summed E-state index contributed by atoms with van der Waals surface area (Å²) < 4.78 is 8.73. The van der Waals surface area contributed by atoms with E-state index >= 15 is 0 Å². The molecule has 9 heavy (non-hydrogen) atoms. The van der Waals surface area contributed by atoms with Crippen LogP contribution in [0.5, 0.6) is 0 Å². The first-order valence-electron chi connectivity index (χ1n) is 2.41. The van der Waals surface area contributed by atoms with Crippen molar-refractivity contribution in [3.8, 4) is 0 Å². The van der Waals surface area contributed by atoms with Gasteiger partial charge in [-0.2, -0.15) is 0 Å². The Morgan fingerprint density at radius 2 is 2.22 bits per heavy atom. The molecule has 0 aromatic heterocycles. The van der Waals surface area contributed by atoms with Crippen molar-refractivity contribution in [2.75, 3.05) is 0 Å². The van der Waals surface area contributed by atoms with Gasteiger partial charge in [0.2, 0.25) is 0 Å². The Labute approximate surface area is 65.4 Å².